The van der Waals surface area contributed by atoms with E-state index in [1.165, 1.54) is 11.8 Å². The average Bonchev–Trinajstić information content (AvgIpc) is 2.56. The number of ether oxygens (including phenoxy) is 3. The summed E-state index contributed by atoms with van der Waals surface area (Å²) in [4.78, 5) is 13.9. The molecule has 0 bridgehead atoms. The normalized spacial score (nSPS) is 10.1. The molecule has 22 heavy (non-hydrogen) atoms. The van der Waals surface area contributed by atoms with Gasteiger partial charge in [-0.3, -0.25) is 0 Å². The Morgan fingerprint density at radius 2 is 1.64 bits per heavy atom. The molecule has 0 aliphatic heterocycles. The Labute approximate surface area is 134 Å². The fraction of sp³-hybridized carbons (Fsp3) is 0.235. The Morgan fingerprint density at radius 1 is 1.00 bits per heavy atom. The molecule has 4 nitrogen and oxygen atoms in total. The van der Waals surface area contributed by atoms with E-state index in [0.717, 1.165) is 15.5 Å². The van der Waals surface area contributed by atoms with Gasteiger partial charge in [0.05, 0.1) is 26.4 Å². The first-order chi connectivity index (χ1) is 10.7. The maximum Gasteiger partial charge on any atom is 0.339 e. The van der Waals surface area contributed by atoms with Gasteiger partial charge in [0.25, 0.3) is 0 Å². The van der Waals surface area contributed by atoms with Gasteiger partial charge in [0, 0.05) is 9.79 Å². The van der Waals surface area contributed by atoms with Crippen molar-refractivity contribution in [1.82, 2.24) is 0 Å². The van der Waals surface area contributed by atoms with Crippen LogP contribution in [0, 0.1) is 0 Å². The first-order valence-electron chi connectivity index (χ1n) is 6.85. The van der Waals surface area contributed by atoms with Crippen molar-refractivity contribution < 1.29 is 19.0 Å². The lowest BCUT2D eigenvalue weighted by Crippen LogP contribution is -2.06. The molecule has 0 N–H and O–H groups in total. The van der Waals surface area contributed by atoms with Crippen LogP contribution in [0.15, 0.2) is 52.3 Å². The monoisotopic (exact) mass is 318 g/mol. The van der Waals surface area contributed by atoms with Crippen LogP contribution in [-0.2, 0) is 4.74 Å². The SMILES string of the molecule is CCOC(=O)c1cc(OC)ccc1Sc1ccc(OC)cc1. The van der Waals surface area contributed by atoms with Gasteiger partial charge >= 0.3 is 5.97 Å². The van der Waals surface area contributed by atoms with Crippen LogP contribution < -0.4 is 9.47 Å². The zero-order chi connectivity index (χ0) is 15.9. The number of esters is 1. The third kappa shape index (κ3) is 3.95. The number of carbonyl (C=O) groups excluding carboxylic acids is 1. The predicted octanol–water partition coefficient (Wildman–Crippen LogP) is 4.03. The summed E-state index contributed by atoms with van der Waals surface area (Å²) in [5.74, 6) is 1.07. The Balaban J connectivity index is 2.30. The molecule has 5 heteroatoms. The average molecular weight is 318 g/mol. The molecule has 2 rings (SSSR count). The van der Waals surface area contributed by atoms with Crippen molar-refractivity contribution >= 4 is 17.7 Å². The highest BCUT2D eigenvalue weighted by molar-refractivity contribution is 7.99. The first-order valence-corrected chi connectivity index (χ1v) is 7.66. The fourth-order valence-electron chi connectivity index (χ4n) is 1.86. The highest BCUT2D eigenvalue weighted by Crippen LogP contribution is 2.33. The molecule has 0 radical (unpaired) electrons. The van der Waals surface area contributed by atoms with E-state index in [-0.39, 0.29) is 5.97 Å². The van der Waals surface area contributed by atoms with Gasteiger partial charge in [-0.25, -0.2) is 4.79 Å². The van der Waals surface area contributed by atoms with Gasteiger partial charge in [-0.2, -0.15) is 0 Å². The number of rotatable bonds is 6. The van der Waals surface area contributed by atoms with Gasteiger partial charge in [0.15, 0.2) is 0 Å². The lowest BCUT2D eigenvalue weighted by Gasteiger charge is -2.10. The van der Waals surface area contributed by atoms with Crippen molar-refractivity contribution in [2.75, 3.05) is 20.8 Å². The minimum atomic E-state index is -0.350. The second kappa shape index (κ2) is 7.75. The Hall–Kier alpha value is -2.14. The summed E-state index contributed by atoms with van der Waals surface area (Å²) in [5, 5.41) is 0. The molecule has 0 fully saturated rings. The molecule has 0 atom stereocenters. The summed E-state index contributed by atoms with van der Waals surface area (Å²) in [6.45, 7) is 2.12. The Bertz CT molecular complexity index is 638. The van der Waals surface area contributed by atoms with Crippen molar-refractivity contribution in [3.8, 4) is 11.5 Å². The molecule has 0 heterocycles. The van der Waals surface area contributed by atoms with Crippen LogP contribution in [0.2, 0.25) is 0 Å². The van der Waals surface area contributed by atoms with Crippen LogP contribution in [0.25, 0.3) is 0 Å². The number of methoxy groups -OCH3 is 2. The van der Waals surface area contributed by atoms with Crippen LogP contribution in [0.3, 0.4) is 0 Å². The minimum Gasteiger partial charge on any atom is -0.497 e. The highest BCUT2D eigenvalue weighted by atomic mass is 32.2. The van der Waals surface area contributed by atoms with E-state index in [1.54, 1.807) is 27.2 Å². The fourth-order valence-corrected chi connectivity index (χ4v) is 2.78. The third-order valence-corrected chi connectivity index (χ3v) is 4.05. The van der Waals surface area contributed by atoms with E-state index in [0.29, 0.717) is 17.9 Å². The third-order valence-electron chi connectivity index (χ3n) is 2.97. The maximum atomic E-state index is 12.1. The van der Waals surface area contributed by atoms with E-state index in [2.05, 4.69) is 0 Å². The lowest BCUT2D eigenvalue weighted by atomic mass is 10.2. The first kappa shape index (κ1) is 16.2. The second-order valence-electron chi connectivity index (χ2n) is 4.36. The van der Waals surface area contributed by atoms with Crippen molar-refractivity contribution in [2.24, 2.45) is 0 Å². The van der Waals surface area contributed by atoms with Gasteiger partial charge in [0.1, 0.15) is 11.5 Å². The van der Waals surface area contributed by atoms with E-state index in [1.807, 2.05) is 36.4 Å². The van der Waals surface area contributed by atoms with Gasteiger partial charge in [-0.1, -0.05) is 11.8 Å². The highest BCUT2D eigenvalue weighted by Gasteiger charge is 2.15. The molecular formula is C17H18O4S. The van der Waals surface area contributed by atoms with Gasteiger partial charge < -0.3 is 14.2 Å². The van der Waals surface area contributed by atoms with Crippen LogP contribution in [0.1, 0.15) is 17.3 Å². The van der Waals surface area contributed by atoms with Crippen molar-refractivity contribution in [3.63, 3.8) is 0 Å². The minimum absolute atomic E-state index is 0.336. The molecule has 116 valence electrons. The number of benzene rings is 2. The molecule has 0 aliphatic carbocycles. The predicted molar refractivity (Wildman–Crippen MR) is 86.1 cm³/mol. The largest absolute Gasteiger partial charge is 0.497 e. The molecule has 0 amide bonds. The van der Waals surface area contributed by atoms with E-state index in [4.69, 9.17) is 14.2 Å². The molecule has 2 aromatic rings. The Morgan fingerprint density at radius 3 is 2.23 bits per heavy atom. The standard InChI is InChI=1S/C17H18O4S/c1-4-21-17(18)15-11-13(20-3)7-10-16(15)22-14-8-5-12(19-2)6-9-14/h5-11H,4H2,1-3H3. The molecule has 0 aromatic heterocycles. The molecule has 0 saturated carbocycles. The smallest absolute Gasteiger partial charge is 0.339 e. The zero-order valence-electron chi connectivity index (χ0n) is 12.8. The topological polar surface area (TPSA) is 44.8 Å². The summed E-state index contributed by atoms with van der Waals surface area (Å²) in [6.07, 6.45) is 0. The quantitative estimate of drug-likeness (QED) is 0.752. The van der Waals surface area contributed by atoms with Crippen LogP contribution in [0.5, 0.6) is 11.5 Å². The van der Waals surface area contributed by atoms with Gasteiger partial charge in [-0.05, 0) is 49.4 Å². The van der Waals surface area contributed by atoms with Crippen LogP contribution in [-0.4, -0.2) is 26.8 Å². The zero-order valence-corrected chi connectivity index (χ0v) is 13.6. The van der Waals surface area contributed by atoms with Gasteiger partial charge in [0.2, 0.25) is 0 Å². The van der Waals surface area contributed by atoms with Gasteiger partial charge in [-0.15, -0.1) is 0 Å². The van der Waals surface area contributed by atoms with Crippen molar-refractivity contribution in [1.29, 1.82) is 0 Å². The van der Waals surface area contributed by atoms with E-state index < -0.39 is 0 Å². The summed E-state index contributed by atoms with van der Waals surface area (Å²) < 4.78 is 15.4. The summed E-state index contributed by atoms with van der Waals surface area (Å²) >= 11 is 1.49. The number of hydrogen-bond donors (Lipinski definition) is 0. The van der Waals surface area contributed by atoms with E-state index in [9.17, 15) is 4.79 Å². The molecule has 0 aliphatic rings. The Kier molecular flexibility index (Phi) is 5.72. The summed E-state index contributed by atoms with van der Waals surface area (Å²) in [6, 6.07) is 13.1. The number of hydrogen-bond acceptors (Lipinski definition) is 5. The lowest BCUT2D eigenvalue weighted by molar-refractivity contribution is 0.0522. The molecule has 0 saturated heterocycles. The van der Waals surface area contributed by atoms with Crippen LogP contribution >= 0.6 is 11.8 Å². The summed E-state index contributed by atoms with van der Waals surface area (Å²) in [5.41, 5.74) is 0.502. The molecule has 2 aromatic carbocycles. The van der Waals surface area contributed by atoms with Crippen molar-refractivity contribution in [3.05, 3.63) is 48.0 Å². The van der Waals surface area contributed by atoms with Crippen LogP contribution in [0.4, 0.5) is 0 Å². The molecular weight excluding hydrogens is 300 g/mol. The molecule has 0 spiro atoms. The number of carbonyl (C=O) groups is 1. The second-order valence-corrected chi connectivity index (χ2v) is 5.48. The summed E-state index contributed by atoms with van der Waals surface area (Å²) in [7, 11) is 3.20. The molecule has 0 unspecified atom stereocenters. The van der Waals surface area contributed by atoms with Crippen molar-refractivity contribution in [2.45, 2.75) is 16.7 Å². The van der Waals surface area contributed by atoms with E-state index >= 15 is 0 Å². The maximum absolute atomic E-state index is 12.1.